The number of benzene rings is 1. The second kappa shape index (κ2) is 7.56. The predicted octanol–water partition coefficient (Wildman–Crippen LogP) is 2.87. The highest BCUT2D eigenvalue weighted by Gasteiger charge is 2.22. The molecule has 0 aromatic heterocycles. The molecule has 1 amide bonds. The maximum Gasteiger partial charge on any atom is 0.326 e. The first-order valence-corrected chi connectivity index (χ1v) is 7.10. The Balaban J connectivity index is 2.68. The molecule has 122 valence electrons. The van der Waals surface area contributed by atoms with Gasteiger partial charge in [0.1, 0.15) is 11.9 Å². The van der Waals surface area contributed by atoms with Gasteiger partial charge in [-0.2, -0.15) is 0 Å². The molecule has 0 spiro atoms. The van der Waals surface area contributed by atoms with Crippen LogP contribution in [0.4, 0.5) is 4.39 Å². The number of rotatable bonds is 6. The van der Waals surface area contributed by atoms with Crippen molar-refractivity contribution in [2.24, 2.45) is 0 Å². The van der Waals surface area contributed by atoms with Crippen LogP contribution < -0.4 is 5.32 Å². The van der Waals surface area contributed by atoms with E-state index in [0.29, 0.717) is 0 Å². The molecule has 1 unspecified atom stereocenters. The predicted molar refractivity (Wildman–Crippen MR) is 80.6 cm³/mol. The zero-order chi connectivity index (χ0) is 16.9. The van der Waals surface area contributed by atoms with Crippen molar-refractivity contribution in [1.82, 2.24) is 5.32 Å². The molecule has 7 heteroatoms. The van der Waals surface area contributed by atoms with Crippen molar-refractivity contribution in [1.29, 1.82) is 0 Å². The highest BCUT2D eigenvalue weighted by molar-refractivity contribution is 6.31. The third-order valence-electron chi connectivity index (χ3n) is 2.73. The topological polar surface area (TPSA) is 75.6 Å². The quantitative estimate of drug-likeness (QED) is 0.840. The van der Waals surface area contributed by atoms with Crippen LogP contribution in [0.3, 0.4) is 0 Å². The van der Waals surface area contributed by atoms with Crippen molar-refractivity contribution < 1.29 is 23.8 Å². The monoisotopic (exact) mass is 331 g/mol. The lowest BCUT2D eigenvalue weighted by Crippen LogP contribution is -2.42. The van der Waals surface area contributed by atoms with E-state index in [4.69, 9.17) is 21.4 Å². The van der Waals surface area contributed by atoms with Crippen LogP contribution in [0.1, 0.15) is 37.6 Å². The number of carboxylic acids is 1. The fourth-order valence-corrected chi connectivity index (χ4v) is 1.80. The Hall–Kier alpha value is -1.66. The number of hydrogen-bond acceptors (Lipinski definition) is 3. The number of ether oxygens (including phenoxy) is 1. The number of hydrogen-bond donors (Lipinski definition) is 2. The molecule has 1 aromatic rings. The van der Waals surface area contributed by atoms with Crippen LogP contribution in [0.2, 0.25) is 5.02 Å². The fraction of sp³-hybridized carbons (Fsp3) is 0.467. The first kappa shape index (κ1) is 18.4. The van der Waals surface area contributed by atoms with E-state index in [9.17, 15) is 14.0 Å². The van der Waals surface area contributed by atoms with E-state index in [1.165, 1.54) is 6.07 Å². The Kier molecular flexibility index (Phi) is 6.32. The molecule has 0 heterocycles. The number of carbonyl (C=O) groups excluding carboxylic acids is 1. The molecule has 0 radical (unpaired) electrons. The van der Waals surface area contributed by atoms with Crippen molar-refractivity contribution in [3.63, 3.8) is 0 Å². The average molecular weight is 332 g/mol. The van der Waals surface area contributed by atoms with Crippen LogP contribution in [0.5, 0.6) is 0 Å². The first-order chi connectivity index (χ1) is 10.1. The normalized spacial score (nSPS) is 12.8. The minimum atomic E-state index is -1.17. The number of carboxylic acid groups (broad SMARTS) is 1. The molecule has 1 atom stereocenters. The lowest BCUT2D eigenvalue weighted by atomic mass is 10.1. The molecular weight excluding hydrogens is 313 g/mol. The Morgan fingerprint density at radius 3 is 2.55 bits per heavy atom. The summed E-state index contributed by atoms with van der Waals surface area (Å²) in [6.07, 6.45) is 0.118. The SMILES string of the molecule is CC(C)(C)OCCC(NC(=O)c1ccc(F)c(Cl)c1)C(=O)O. The van der Waals surface area contributed by atoms with Gasteiger partial charge < -0.3 is 15.2 Å². The van der Waals surface area contributed by atoms with Crippen molar-refractivity contribution in [2.45, 2.75) is 38.8 Å². The van der Waals surface area contributed by atoms with Crippen LogP contribution in [0.25, 0.3) is 0 Å². The van der Waals surface area contributed by atoms with Crippen molar-refractivity contribution in [3.8, 4) is 0 Å². The molecule has 2 N–H and O–H groups in total. The second-order valence-electron chi connectivity index (χ2n) is 5.74. The summed E-state index contributed by atoms with van der Waals surface area (Å²) in [6, 6.07) is 2.34. The summed E-state index contributed by atoms with van der Waals surface area (Å²) in [7, 11) is 0. The first-order valence-electron chi connectivity index (χ1n) is 6.73. The van der Waals surface area contributed by atoms with Gasteiger partial charge in [-0.25, -0.2) is 9.18 Å². The molecule has 22 heavy (non-hydrogen) atoms. The van der Waals surface area contributed by atoms with Crippen LogP contribution in [-0.4, -0.2) is 35.2 Å². The standard InChI is InChI=1S/C15H19ClFNO4/c1-15(2,3)22-7-6-12(14(20)21)18-13(19)9-4-5-11(17)10(16)8-9/h4-5,8,12H,6-7H2,1-3H3,(H,18,19)(H,20,21). The third kappa shape index (κ3) is 5.99. The van der Waals surface area contributed by atoms with Gasteiger partial charge in [-0.05, 0) is 39.0 Å². The summed E-state index contributed by atoms with van der Waals surface area (Å²) in [4.78, 5) is 23.2. The molecule has 0 bridgehead atoms. The highest BCUT2D eigenvalue weighted by Crippen LogP contribution is 2.16. The van der Waals surface area contributed by atoms with Gasteiger partial charge in [-0.3, -0.25) is 4.79 Å². The molecule has 0 aliphatic carbocycles. The van der Waals surface area contributed by atoms with Gasteiger partial charge in [-0.1, -0.05) is 11.6 Å². The maximum atomic E-state index is 13.1. The van der Waals surface area contributed by atoms with Gasteiger partial charge >= 0.3 is 5.97 Å². The van der Waals surface area contributed by atoms with Gasteiger partial charge in [0, 0.05) is 18.6 Å². The number of carbonyl (C=O) groups is 2. The number of halogens is 2. The van der Waals surface area contributed by atoms with Crippen LogP contribution in [0.15, 0.2) is 18.2 Å². The number of amides is 1. The summed E-state index contributed by atoms with van der Waals surface area (Å²) in [5.41, 5.74) is -0.299. The Labute approximate surface area is 133 Å². The van der Waals surface area contributed by atoms with E-state index in [2.05, 4.69) is 5.32 Å². The van der Waals surface area contributed by atoms with Gasteiger partial charge in [0.2, 0.25) is 0 Å². The minimum Gasteiger partial charge on any atom is -0.480 e. The van der Waals surface area contributed by atoms with Crippen molar-refractivity contribution >= 4 is 23.5 Å². The lowest BCUT2D eigenvalue weighted by molar-refractivity contribution is -0.140. The van der Waals surface area contributed by atoms with E-state index in [-0.39, 0.29) is 23.6 Å². The molecular formula is C15H19ClFNO4. The molecule has 5 nitrogen and oxygen atoms in total. The highest BCUT2D eigenvalue weighted by atomic mass is 35.5. The summed E-state index contributed by atoms with van der Waals surface area (Å²) >= 11 is 5.60. The van der Waals surface area contributed by atoms with Crippen LogP contribution >= 0.6 is 11.6 Å². The van der Waals surface area contributed by atoms with E-state index >= 15 is 0 Å². The van der Waals surface area contributed by atoms with Gasteiger partial charge in [0.25, 0.3) is 5.91 Å². The Bertz CT molecular complexity index is 557. The average Bonchev–Trinajstić information content (AvgIpc) is 2.39. The summed E-state index contributed by atoms with van der Waals surface area (Å²) in [5.74, 6) is -2.45. The van der Waals surface area contributed by atoms with Crippen LogP contribution in [-0.2, 0) is 9.53 Å². The van der Waals surface area contributed by atoms with Crippen molar-refractivity contribution in [2.75, 3.05) is 6.61 Å². The summed E-state index contributed by atoms with van der Waals surface area (Å²) in [5, 5.41) is 11.3. The Morgan fingerprint density at radius 1 is 1.41 bits per heavy atom. The van der Waals surface area contributed by atoms with E-state index < -0.39 is 29.3 Å². The molecule has 1 aromatic carbocycles. The van der Waals surface area contributed by atoms with E-state index in [1.807, 2.05) is 20.8 Å². The Morgan fingerprint density at radius 2 is 2.05 bits per heavy atom. The fourth-order valence-electron chi connectivity index (χ4n) is 1.62. The van der Waals surface area contributed by atoms with Gasteiger partial charge in [0.15, 0.2) is 0 Å². The maximum absolute atomic E-state index is 13.1. The molecule has 0 saturated carbocycles. The molecule has 0 fully saturated rings. The van der Waals surface area contributed by atoms with Gasteiger partial charge in [0.05, 0.1) is 10.6 Å². The summed E-state index contributed by atoms with van der Waals surface area (Å²) < 4.78 is 18.5. The van der Waals surface area contributed by atoms with E-state index in [1.54, 1.807) is 0 Å². The molecule has 0 saturated heterocycles. The molecule has 0 aliphatic heterocycles. The van der Waals surface area contributed by atoms with Gasteiger partial charge in [-0.15, -0.1) is 0 Å². The third-order valence-corrected chi connectivity index (χ3v) is 3.02. The second-order valence-corrected chi connectivity index (χ2v) is 6.15. The van der Waals surface area contributed by atoms with Crippen molar-refractivity contribution in [3.05, 3.63) is 34.6 Å². The molecule has 0 aliphatic rings. The zero-order valence-electron chi connectivity index (χ0n) is 12.7. The molecule has 1 rings (SSSR count). The number of aliphatic carboxylic acids is 1. The smallest absolute Gasteiger partial charge is 0.326 e. The van der Waals surface area contributed by atoms with E-state index in [0.717, 1.165) is 12.1 Å². The summed E-state index contributed by atoms with van der Waals surface area (Å²) in [6.45, 7) is 5.73. The number of nitrogens with one attached hydrogen (secondary N) is 1. The zero-order valence-corrected chi connectivity index (χ0v) is 13.4. The van der Waals surface area contributed by atoms with Crippen LogP contribution in [0, 0.1) is 5.82 Å². The minimum absolute atomic E-state index is 0.0920. The lowest BCUT2D eigenvalue weighted by Gasteiger charge is -2.21. The largest absolute Gasteiger partial charge is 0.480 e.